The molecule has 7 amide bonds. The molecule has 0 bridgehead atoms. The molecule has 0 radical (unpaired) electrons. The van der Waals surface area contributed by atoms with E-state index in [0.29, 0.717) is 17.5 Å². The number of hydrogen-bond acceptors (Lipinski definition) is 16. The summed E-state index contributed by atoms with van der Waals surface area (Å²) in [5.74, 6) is -4.79. The molecule has 2 rings (SSSR count). The van der Waals surface area contributed by atoms with Gasteiger partial charge in [0.25, 0.3) is 0 Å². The molecule has 1 unspecified atom stereocenters. The number of Topliss-reactive ketones (excluding diaryl/α,β-unsaturated/α-hetero) is 4. The summed E-state index contributed by atoms with van der Waals surface area (Å²) in [4.78, 5) is 146. The van der Waals surface area contributed by atoms with Gasteiger partial charge in [-0.3, -0.25) is 64.0 Å². The van der Waals surface area contributed by atoms with Crippen LogP contribution in [0.1, 0.15) is 84.3 Å². The summed E-state index contributed by atoms with van der Waals surface area (Å²) in [6, 6.07) is 8.95. The Morgan fingerprint density at radius 2 is 1.23 bits per heavy atom. The van der Waals surface area contributed by atoms with E-state index >= 15 is 0 Å². The molecule has 384 valence electrons. The summed E-state index contributed by atoms with van der Waals surface area (Å²) in [6.07, 6.45) is -0.994. The lowest BCUT2D eigenvalue weighted by Crippen LogP contribution is -2.61. The van der Waals surface area contributed by atoms with E-state index in [1.54, 1.807) is 88.4 Å². The molecule has 2 aromatic carbocycles. The molecule has 0 aliphatic rings. The molecule has 0 fully saturated rings. The second-order valence-corrected chi connectivity index (χ2v) is 17.7. The van der Waals surface area contributed by atoms with Gasteiger partial charge in [0, 0.05) is 25.8 Å². The first-order chi connectivity index (χ1) is 33.1. The SMILES string of the molecule is CC[C@H](C)C(NN[C@@H](CCC(N)=O)C(=O)N[C@@H](CC(N)=O)C(=O)N[C@@H](C)C(=O)N(CC(=O)N[C@@H](CC(C)C)C(=O)C(=O)CNN)Cc1ccccc1)C(=O)C(=O)[C@H](Cc1ccccc1)NC(=O)CCS. The molecule has 0 aliphatic carbocycles. The number of hydrogen-bond donors (Lipinski definition) is 11. The lowest BCUT2D eigenvalue weighted by Gasteiger charge is -2.29. The van der Waals surface area contributed by atoms with Crippen molar-refractivity contribution in [2.45, 2.75) is 122 Å². The maximum Gasteiger partial charge on any atom is 0.245 e. The molecule has 23 heteroatoms. The van der Waals surface area contributed by atoms with Crippen LogP contribution in [0.25, 0.3) is 0 Å². The van der Waals surface area contributed by atoms with Gasteiger partial charge in [-0.25, -0.2) is 10.9 Å². The smallest absolute Gasteiger partial charge is 0.245 e. The molecule has 0 spiro atoms. The van der Waals surface area contributed by atoms with E-state index < -0.39 is 126 Å². The van der Waals surface area contributed by atoms with Crippen molar-refractivity contribution in [3.63, 3.8) is 0 Å². The van der Waals surface area contributed by atoms with Gasteiger partial charge in [-0.05, 0) is 48.5 Å². The summed E-state index contributed by atoms with van der Waals surface area (Å²) in [5, 5.41) is 10.0. The van der Waals surface area contributed by atoms with Gasteiger partial charge in [-0.2, -0.15) is 12.6 Å². The molecule has 0 aliphatic heterocycles. The number of nitrogens with two attached hydrogens (primary N) is 3. The fourth-order valence-electron chi connectivity index (χ4n) is 7.04. The molecule has 2 aromatic rings. The topological polar surface area (TPSA) is 353 Å². The molecule has 0 aromatic heterocycles. The summed E-state index contributed by atoms with van der Waals surface area (Å²) in [6.45, 7) is 7.08. The predicted molar refractivity (Wildman–Crippen MR) is 261 cm³/mol. The number of nitrogens with zero attached hydrogens (tertiary/aromatic N) is 1. The number of amides is 7. The number of thiol groups is 1. The van der Waals surface area contributed by atoms with Crippen molar-refractivity contribution in [2.75, 3.05) is 18.8 Å². The van der Waals surface area contributed by atoms with E-state index in [-0.39, 0.29) is 50.3 Å². The highest BCUT2D eigenvalue weighted by Crippen LogP contribution is 2.14. The fourth-order valence-corrected chi connectivity index (χ4v) is 7.24. The summed E-state index contributed by atoms with van der Waals surface area (Å²) in [7, 11) is 0. The summed E-state index contributed by atoms with van der Waals surface area (Å²) < 4.78 is 0. The van der Waals surface area contributed by atoms with Gasteiger partial charge >= 0.3 is 0 Å². The van der Waals surface area contributed by atoms with Crippen molar-refractivity contribution >= 4 is 77.1 Å². The van der Waals surface area contributed by atoms with Crippen molar-refractivity contribution in [3.8, 4) is 0 Å². The first kappa shape index (κ1) is 59.7. The zero-order valence-electron chi connectivity index (χ0n) is 40.3. The van der Waals surface area contributed by atoms with E-state index in [2.05, 4.69) is 50.2 Å². The monoisotopic (exact) mass is 995 g/mol. The maximum absolute atomic E-state index is 14.1. The number of ketones is 4. The second kappa shape index (κ2) is 31.0. The van der Waals surface area contributed by atoms with Crippen molar-refractivity contribution < 1.29 is 52.7 Å². The predicted octanol–water partition coefficient (Wildman–Crippen LogP) is -1.66. The van der Waals surface area contributed by atoms with Gasteiger partial charge in [0.2, 0.25) is 64.5 Å². The highest BCUT2D eigenvalue weighted by Gasteiger charge is 2.37. The lowest BCUT2D eigenvalue weighted by atomic mass is 9.90. The molecular weight excluding hydrogens is 927 g/mol. The molecule has 7 atom stereocenters. The highest BCUT2D eigenvalue weighted by molar-refractivity contribution is 7.80. The van der Waals surface area contributed by atoms with Gasteiger partial charge in [0.1, 0.15) is 18.1 Å². The first-order valence-corrected chi connectivity index (χ1v) is 23.6. The average Bonchev–Trinajstić information content (AvgIpc) is 3.30. The van der Waals surface area contributed by atoms with Crippen LogP contribution in [0.2, 0.25) is 0 Å². The average molecular weight is 996 g/mol. The van der Waals surface area contributed by atoms with Crippen LogP contribution in [0.5, 0.6) is 0 Å². The standard InChI is InChI=1S/C47H69N11O11S/c1-6-28(4)41(44(66)43(65)34(53-39(62)19-20-70)22-30-13-9-7-10-14-30)57-56-32(17-18-37(48)60)45(67)55-35(23-38(49)61)46(68)52-29(5)47(69)58(25-31-15-11-8-12-16-31)26-40(63)54-33(21-27(2)3)42(64)36(59)24-51-50/h7-16,27-29,32-35,41,51,56-57,70H,6,17-26,50H2,1-5H3,(H2,48,60)(H2,49,61)(H,52,68)(H,53,62)(H,54,63)(H,55,67)/t28-,29-,32-,33-,34-,35-,41?/m0/s1. The quantitative estimate of drug-likeness (QED) is 0.0162. The second-order valence-electron chi connectivity index (χ2n) is 17.3. The van der Waals surface area contributed by atoms with Crippen LogP contribution in [0.15, 0.2) is 60.7 Å². The Morgan fingerprint density at radius 1 is 0.643 bits per heavy atom. The lowest BCUT2D eigenvalue weighted by molar-refractivity contribution is -0.142. The van der Waals surface area contributed by atoms with Crippen LogP contribution in [0, 0.1) is 11.8 Å². The zero-order chi connectivity index (χ0) is 52.5. The van der Waals surface area contributed by atoms with Crippen LogP contribution in [-0.2, 0) is 65.7 Å². The fraction of sp³-hybridized carbons (Fsp3) is 0.511. The minimum absolute atomic E-state index is 0.000355. The maximum atomic E-state index is 14.1. The van der Waals surface area contributed by atoms with Gasteiger partial charge in [0.05, 0.1) is 37.6 Å². The number of carbonyl (C=O) groups excluding carboxylic acids is 11. The van der Waals surface area contributed by atoms with Gasteiger partial charge in [-0.15, -0.1) is 0 Å². The van der Waals surface area contributed by atoms with Crippen molar-refractivity contribution in [3.05, 3.63) is 71.8 Å². The minimum Gasteiger partial charge on any atom is -0.370 e. The third-order valence-electron chi connectivity index (χ3n) is 10.9. The third kappa shape index (κ3) is 21.1. The molecule has 70 heavy (non-hydrogen) atoms. The minimum atomic E-state index is -1.71. The first-order valence-electron chi connectivity index (χ1n) is 22.9. The van der Waals surface area contributed by atoms with Crippen molar-refractivity contribution in [2.24, 2.45) is 29.1 Å². The highest BCUT2D eigenvalue weighted by atomic mass is 32.1. The largest absolute Gasteiger partial charge is 0.370 e. The molecule has 13 N–H and O–H groups in total. The van der Waals surface area contributed by atoms with E-state index in [0.717, 1.165) is 4.90 Å². The number of rotatable bonds is 34. The van der Waals surface area contributed by atoms with Gasteiger partial charge < -0.3 is 37.6 Å². The molecule has 22 nitrogen and oxygen atoms in total. The van der Waals surface area contributed by atoms with Crippen LogP contribution >= 0.6 is 12.6 Å². The normalized spacial score (nSPS) is 14.1. The van der Waals surface area contributed by atoms with Crippen LogP contribution in [-0.4, -0.2) is 124 Å². The molecule has 0 saturated carbocycles. The van der Waals surface area contributed by atoms with Crippen LogP contribution in [0.4, 0.5) is 0 Å². The Kier molecular flexibility index (Phi) is 26.4. The van der Waals surface area contributed by atoms with Crippen LogP contribution < -0.4 is 54.9 Å². The van der Waals surface area contributed by atoms with Gasteiger partial charge in [-0.1, -0.05) is 94.8 Å². The number of carbonyl (C=O) groups is 11. The Morgan fingerprint density at radius 3 is 1.77 bits per heavy atom. The summed E-state index contributed by atoms with van der Waals surface area (Å²) in [5.41, 5.74) is 19.7. The van der Waals surface area contributed by atoms with Crippen molar-refractivity contribution in [1.82, 2.24) is 42.4 Å². The van der Waals surface area contributed by atoms with Gasteiger partial charge in [0.15, 0.2) is 0 Å². The number of hydrazine groups is 2. The Bertz CT molecular complexity index is 2130. The number of primary amides is 2. The van der Waals surface area contributed by atoms with E-state index in [4.69, 9.17) is 17.3 Å². The van der Waals surface area contributed by atoms with Crippen LogP contribution in [0.3, 0.4) is 0 Å². The third-order valence-corrected chi connectivity index (χ3v) is 11.2. The zero-order valence-corrected chi connectivity index (χ0v) is 41.2. The summed E-state index contributed by atoms with van der Waals surface area (Å²) >= 11 is 4.09. The van der Waals surface area contributed by atoms with Crippen molar-refractivity contribution in [1.29, 1.82) is 0 Å². The van der Waals surface area contributed by atoms with E-state index in [1.165, 1.54) is 6.92 Å². The Labute approximate surface area is 413 Å². The van der Waals surface area contributed by atoms with E-state index in [1.807, 2.05) is 0 Å². The Hall–Kier alpha value is -6.40. The van der Waals surface area contributed by atoms with E-state index in [9.17, 15) is 52.7 Å². The number of nitrogens with one attached hydrogen (secondary N) is 7. The Balaban J connectivity index is 2.37. The molecular formula is C47H69N11O11S. The molecule has 0 heterocycles. The molecule has 0 saturated heterocycles. The number of benzene rings is 2.